The van der Waals surface area contributed by atoms with Crippen LogP contribution in [0.1, 0.15) is 39.2 Å². The van der Waals surface area contributed by atoms with Gasteiger partial charge in [-0.25, -0.2) is 9.59 Å². The fraction of sp³-hybridized carbons (Fsp3) is 0.529. The summed E-state index contributed by atoms with van der Waals surface area (Å²) in [5.41, 5.74) is -0.222. The summed E-state index contributed by atoms with van der Waals surface area (Å²) in [6, 6.07) is 3.00. The lowest BCUT2D eigenvalue weighted by Crippen LogP contribution is -2.27. The molecule has 0 spiro atoms. The molecule has 158 valence electrons. The number of hydrogen-bond donors (Lipinski definition) is 4. The minimum atomic E-state index is -3.11. The van der Waals surface area contributed by atoms with Gasteiger partial charge in [0.2, 0.25) is 5.88 Å². The fourth-order valence-corrected chi connectivity index (χ4v) is 3.42. The van der Waals surface area contributed by atoms with E-state index < -0.39 is 27.9 Å². The molecule has 1 rings (SSSR count). The van der Waals surface area contributed by atoms with Gasteiger partial charge in [0.15, 0.2) is 0 Å². The third-order valence-electron chi connectivity index (χ3n) is 2.99. The molecule has 0 aliphatic heterocycles. The molecule has 28 heavy (non-hydrogen) atoms. The Balaban J connectivity index is 3.07. The van der Waals surface area contributed by atoms with Crippen LogP contribution >= 0.6 is 0 Å². The number of ether oxygens (including phenoxy) is 2. The number of thiol groups is 1. The van der Waals surface area contributed by atoms with Crippen molar-refractivity contribution in [2.75, 3.05) is 18.2 Å². The standard InChI is InChI=1S/C17H27N3O7S/c1-17(2,3)27-16(24)19-13-9-12(11-28(4,25)20-15(22)23)10-14(18-13)26-8-6-5-7-21/h7,9-10,28H,5-6,8,11H2,1-4H3,(H,20,25)(H,22,23)(H,18,19,24). The molecule has 1 aromatic heterocycles. The van der Waals surface area contributed by atoms with E-state index in [0.717, 1.165) is 6.29 Å². The van der Waals surface area contributed by atoms with E-state index in [1.165, 1.54) is 18.4 Å². The molecule has 0 saturated carbocycles. The number of aldehydes is 1. The zero-order chi connectivity index (χ0) is 21.4. The number of pyridine rings is 1. The number of aromatic nitrogens is 1. The summed E-state index contributed by atoms with van der Waals surface area (Å²) in [5, 5.41) is 11.3. The van der Waals surface area contributed by atoms with Crippen LogP contribution in [0.3, 0.4) is 0 Å². The second-order valence-corrected chi connectivity index (χ2v) is 9.81. The normalized spacial score (nSPS) is 12.0. The topological polar surface area (TPSA) is 147 Å². The average Bonchev–Trinajstić information content (AvgIpc) is 2.47. The number of hydrogen-bond acceptors (Lipinski definition) is 6. The highest BCUT2D eigenvalue weighted by atomic mass is 32.3. The van der Waals surface area contributed by atoms with E-state index in [4.69, 9.17) is 14.6 Å². The third-order valence-corrected chi connectivity index (χ3v) is 4.56. The van der Waals surface area contributed by atoms with Crippen molar-refractivity contribution in [1.29, 1.82) is 0 Å². The van der Waals surface area contributed by atoms with E-state index in [-0.39, 0.29) is 24.1 Å². The van der Waals surface area contributed by atoms with Crippen molar-refractivity contribution in [1.82, 2.24) is 4.98 Å². The van der Waals surface area contributed by atoms with Gasteiger partial charge in [0.05, 0.1) is 6.61 Å². The van der Waals surface area contributed by atoms with Gasteiger partial charge in [-0.3, -0.25) is 5.32 Å². The number of nitrogens with one attached hydrogen (secondary N) is 1. The zero-order valence-corrected chi connectivity index (χ0v) is 17.2. The highest BCUT2D eigenvalue weighted by Gasteiger charge is 2.18. The van der Waals surface area contributed by atoms with Crippen LogP contribution in [0.15, 0.2) is 16.5 Å². The highest BCUT2D eigenvalue weighted by Crippen LogP contribution is 2.21. The number of carboxylic acid groups (broad SMARTS) is 1. The molecule has 10 nitrogen and oxygen atoms in total. The minimum Gasteiger partial charge on any atom is -0.478 e. The first-order valence-corrected chi connectivity index (χ1v) is 10.8. The molecule has 0 aliphatic rings. The molecule has 0 saturated heterocycles. The predicted molar refractivity (Wildman–Crippen MR) is 106 cm³/mol. The second-order valence-electron chi connectivity index (χ2n) is 7.11. The lowest BCUT2D eigenvalue weighted by Gasteiger charge is -2.20. The van der Waals surface area contributed by atoms with E-state index in [0.29, 0.717) is 18.4 Å². The number of nitrogens with zero attached hydrogens (tertiary/aromatic N) is 2. The lowest BCUT2D eigenvalue weighted by molar-refractivity contribution is -0.108. The van der Waals surface area contributed by atoms with Crippen molar-refractivity contribution < 1.29 is 33.5 Å². The van der Waals surface area contributed by atoms with Gasteiger partial charge in [-0.15, -0.1) is 0 Å². The molecule has 1 aromatic rings. The van der Waals surface area contributed by atoms with Gasteiger partial charge < -0.3 is 23.9 Å². The molecule has 0 atom stereocenters. The second kappa shape index (κ2) is 10.1. The van der Waals surface area contributed by atoms with Crippen LogP contribution in [0, 0.1) is 0 Å². The summed E-state index contributed by atoms with van der Waals surface area (Å²) in [5.74, 6) is 0.229. The van der Waals surface area contributed by atoms with Crippen LogP contribution < -0.4 is 10.1 Å². The Morgan fingerprint density at radius 3 is 2.61 bits per heavy atom. The van der Waals surface area contributed by atoms with Gasteiger partial charge in [0, 0.05) is 18.2 Å². The Morgan fingerprint density at radius 2 is 2.04 bits per heavy atom. The molecular formula is C17H27N3O7S. The maximum absolute atomic E-state index is 12.0. The van der Waals surface area contributed by atoms with Gasteiger partial charge in [0.25, 0.3) is 0 Å². The Morgan fingerprint density at radius 1 is 1.36 bits per heavy atom. The van der Waals surface area contributed by atoms with Crippen LogP contribution in [0.25, 0.3) is 0 Å². The smallest absolute Gasteiger partial charge is 0.437 e. The van der Waals surface area contributed by atoms with Crippen molar-refractivity contribution in [2.24, 2.45) is 4.36 Å². The molecule has 0 aliphatic carbocycles. The summed E-state index contributed by atoms with van der Waals surface area (Å²) in [6.07, 6.45) is 0.778. The van der Waals surface area contributed by atoms with Crippen molar-refractivity contribution in [3.05, 3.63) is 17.7 Å². The van der Waals surface area contributed by atoms with Crippen molar-refractivity contribution in [2.45, 2.75) is 45.0 Å². The Kier molecular flexibility index (Phi) is 8.51. The van der Waals surface area contributed by atoms with Crippen LogP contribution in [0.4, 0.5) is 15.4 Å². The number of carbonyl (C=O) groups excluding carboxylic acids is 2. The monoisotopic (exact) mass is 417 g/mol. The Bertz CT molecular complexity index is 769. The first-order valence-electron chi connectivity index (χ1n) is 8.52. The van der Waals surface area contributed by atoms with Crippen molar-refractivity contribution in [3.8, 4) is 5.88 Å². The van der Waals surface area contributed by atoms with E-state index in [1.807, 2.05) is 0 Å². The molecule has 0 unspecified atom stereocenters. The predicted octanol–water partition coefficient (Wildman–Crippen LogP) is 3.14. The van der Waals surface area contributed by atoms with Crippen molar-refractivity contribution in [3.63, 3.8) is 0 Å². The summed E-state index contributed by atoms with van der Waals surface area (Å²) < 4.78 is 24.3. The number of unbranched alkanes of at least 4 members (excludes halogenated alkanes) is 1. The van der Waals surface area contributed by atoms with Crippen LogP contribution in [0.2, 0.25) is 0 Å². The quantitative estimate of drug-likeness (QED) is 0.286. The van der Waals surface area contributed by atoms with Crippen LogP contribution in [-0.2, 0) is 25.4 Å². The Hall–Kier alpha value is -2.53. The van der Waals surface area contributed by atoms with Gasteiger partial charge in [0.1, 0.15) is 17.7 Å². The van der Waals surface area contributed by atoms with E-state index in [1.54, 1.807) is 20.8 Å². The lowest BCUT2D eigenvalue weighted by atomic mass is 10.2. The molecular weight excluding hydrogens is 390 g/mol. The zero-order valence-electron chi connectivity index (χ0n) is 16.3. The minimum absolute atomic E-state index is 0.0461. The summed E-state index contributed by atoms with van der Waals surface area (Å²) in [6.45, 7) is 5.37. The number of anilines is 1. The fourth-order valence-electron chi connectivity index (χ4n) is 2.11. The molecule has 0 fully saturated rings. The van der Waals surface area contributed by atoms with E-state index >= 15 is 0 Å². The van der Waals surface area contributed by atoms with Crippen LogP contribution in [-0.4, -0.2) is 51.6 Å². The highest BCUT2D eigenvalue weighted by molar-refractivity contribution is 7.98. The molecule has 2 amide bonds. The van der Waals surface area contributed by atoms with Gasteiger partial charge >= 0.3 is 12.2 Å². The summed E-state index contributed by atoms with van der Waals surface area (Å²) >= 11 is 0. The maximum Gasteiger partial charge on any atom is 0.437 e. The summed E-state index contributed by atoms with van der Waals surface area (Å²) in [4.78, 5) is 37.3. The Labute approximate surface area is 164 Å². The molecule has 0 aromatic carbocycles. The molecule has 3 N–H and O–H groups in total. The van der Waals surface area contributed by atoms with Crippen LogP contribution in [0.5, 0.6) is 5.88 Å². The third kappa shape index (κ3) is 9.97. The summed E-state index contributed by atoms with van der Waals surface area (Å²) in [7, 11) is -3.11. The van der Waals surface area contributed by atoms with Crippen molar-refractivity contribution >= 4 is 34.4 Å². The first kappa shape index (κ1) is 23.5. The molecule has 1 heterocycles. The molecule has 0 radical (unpaired) electrons. The molecule has 11 heteroatoms. The maximum atomic E-state index is 12.0. The van der Waals surface area contributed by atoms with Gasteiger partial charge in [-0.05, 0) is 45.1 Å². The van der Waals surface area contributed by atoms with Gasteiger partial charge in [-0.2, -0.15) is 9.35 Å². The largest absolute Gasteiger partial charge is 0.478 e. The van der Waals surface area contributed by atoms with Gasteiger partial charge in [-0.1, -0.05) is 10.1 Å². The van der Waals surface area contributed by atoms with E-state index in [9.17, 15) is 18.9 Å². The first-order chi connectivity index (χ1) is 12.9. The number of rotatable bonds is 8. The van der Waals surface area contributed by atoms with E-state index in [2.05, 4.69) is 14.7 Å². The number of carbonyl (C=O) groups is 3. The SMILES string of the molecule is CC(C)(C)OC(=O)Nc1cc(C[SH](C)(O)=NC(=O)O)cc(OCCCC=O)n1. The average molecular weight is 417 g/mol. The molecule has 0 bridgehead atoms. The number of amides is 2.